The molecule has 112 valence electrons. The Morgan fingerprint density at radius 2 is 1.91 bits per heavy atom. The molecule has 2 aromatic rings. The first kappa shape index (κ1) is 14.9. The number of para-hydroxylation sites is 1. The number of aliphatic imine (C=N–C) groups is 1. The Labute approximate surface area is 138 Å². The summed E-state index contributed by atoms with van der Waals surface area (Å²) in [5, 5.41) is 3.10. The number of hydrogen-bond acceptors (Lipinski definition) is 4. The van der Waals surface area contributed by atoms with Crippen LogP contribution in [-0.4, -0.2) is 23.1 Å². The number of carbonyl (C=O) groups excluding carboxylic acids is 1. The van der Waals surface area contributed by atoms with Crippen molar-refractivity contribution in [3.05, 3.63) is 64.7 Å². The van der Waals surface area contributed by atoms with Crippen LogP contribution in [0.15, 0.2) is 53.5 Å². The van der Waals surface area contributed by atoms with E-state index >= 15 is 0 Å². The van der Waals surface area contributed by atoms with Crippen LogP contribution in [0.25, 0.3) is 0 Å². The SMILES string of the molecule is CN1NC(=O)c2ccccc2N=C1SCc1ccccc1Cl. The molecular weight excluding hydrogens is 318 g/mol. The molecule has 0 aromatic heterocycles. The predicted molar refractivity (Wildman–Crippen MR) is 91.5 cm³/mol. The van der Waals surface area contributed by atoms with Crippen LogP contribution in [0.3, 0.4) is 0 Å². The summed E-state index contributed by atoms with van der Waals surface area (Å²) >= 11 is 7.71. The number of carbonyl (C=O) groups is 1. The monoisotopic (exact) mass is 331 g/mol. The largest absolute Gasteiger partial charge is 0.272 e. The average Bonchev–Trinajstić information content (AvgIpc) is 2.64. The molecular formula is C16H14ClN3OS. The van der Waals surface area contributed by atoms with E-state index in [4.69, 9.17) is 11.6 Å². The lowest BCUT2D eigenvalue weighted by molar-refractivity contribution is 0.0892. The van der Waals surface area contributed by atoms with Crippen LogP contribution in [0.4, 0.5) is 5.69 Å². The van der Waals surface area contributed by atoms with Gasteiger partial charge in [-0.15, -0.1) is 0 Å². The zero-order chi connectivity index (χ0) is 15.5. The Balaban J connectivity index is 1.85. The van der Waals surface area contributed by atoms with E-state index in [0.29, 0.717) is 17.0 Å². The molecule has 2 aromatic carbocycles. The molecule has 0 bridgehead atoms. The van der Waals surface area contributed by atoms with E-state index in [0.717, 1.165) is 15.8 Å². The fourth-order valence-electron chi connectivity index (χ4n) is 2.09. The van der Waals surface area contributed by atoms with Crippen LogP contribution in [0.5, 0.6) is 0 Å². The minimum absolute atomic E-state index is 0.157. The maximum atomic E-state index is 12.1. The smallest absolute Gasteiger partial charge is 0.267 e. The van der Waals surface area contributed by atoms with Crippen LogP contribution in [0.2, 0.25) is 5.02 Å². The highest BCUT2D eigenvalue weighted by molar-refractivity contribution is 8.13. The van der Waals surface area contributed by atoms with E-state index in [1.165, 1.54) is 11.8 Å². The van der Waals surface area contributed by atoms with Crippen LogP contribution < -0.4 is 5.43 Å². The molecule has 0 spiro atoms. The van der Waals surface area contributed by atoms with E-state index in [-0.39, 0.29) is 5.91 Å². The Morgan fingerprint density at radius 1 is 1.18 bits per heavy atom. The van der Waals surface area contributed by atoms with Crippen molar-refractivity contribution in [3.63, 3.8) is 0 Å². The molecule has 1 amide bonds. The van der Waals surface area contributed by atoms with Crippen molar-refractivity contribution < 1.29 is 4.79 Å². The van der Waals surface area contributed by atoms with Gasteiger partial charge in [-0.2, -0.15) is 0 Å². The van der Waals surface area contributed by atoms with Crippen LogP contribution in [0.1, 0.15) is 15.9 Å². The van der Waals surface area contributed by atoms with Gasteiger partial charge in [0.25, 0.3) is 5.91 Å². The zero-order valence-electron chi connectivity index (χ0n) is 11.9. The minimum atomic E-state index is -0.157. The molecule has 1 heterocycles. The number of amidine groups is 1. The number of nitrogens with zero attached hydrogens (tertiary/aromatic N) is 2. The molecule has 4 nitrogen and oxygen atoms in total. The molecule has 0 saturated carbocycles. The van der Waals surface area contributed by atoms with Crippen molar-refractivity contribution in [2.24, 2.45) is 4.99 Å². The second-order valence-electron chi connectivity index (χ2n) is 4.79. The Kier molecular flexibility index (Phi) is 4.36. The summed E-state index contributed by atoms with van der Waals surface area (Å²) in [4.78, 5) is 16.7. The van der Waals surface area contributed by atoms with Gasteiger partial charge in [-0.3, -0.25) is 15.2 Å². The third kappa shape index (κ3) is 3.10. The molecule has 1 aliphatic rings. The quantitative estimate of drug-likeness (QED) is 0.909. The third-order valence-electron chi connectivity index (χ3n) is 3.24. The second kappa shape index (κ2) is 6.42. The maximum absolute atomic E-state index is 12.1. The van der Waals surface area contributed by atoms with E-state index < -0.39 is 0 Å². The molecule has 0 unspecified atom stereocenters. The maximum Gasteiger partial charge on any atom is 0.272 e. The van der Waals surface area contributed by atoms with E-state index in [1.807, 2.05) is 42.5 Å². The summed E-state index contributed by atoms with van der Waals surface area (Å²) in [7, 11) is 1.78. The normalized spacial score (nSPS) is 14.0. The highest BCUT2D eigenvalue weighted by Crippen LogP contribution is 2.27. The van der Waals surface area contributed by atoms with Crippen molar-refractivity contribution in [1.29, 1.82) is 0 Å². The van der Waals surface area contributed by atoms with Gasteiger partial charge in [-0.25, -0.2) is 4.99 Å². The summed E-state index contributed by atoms with van der Waals surface area (Å²) in [6, 6.07) is 15.0. The molecule has 22 heavy (non-hydrogen) atoms. The molecule has 1 aliphatic heterocycles. The van der Waals surface area contributed by atoms with Gasteiger partial charge in [0.15, 0.2) is 5.17 Å². The second-order valence-corrected chi connectivity index (χ2v) is 6.14. The Morgan fingerprint density at radius 3 is 2.73 bits per heavy atom. The lowest BCUT2D eigenvalue weighted by Crippen LogP contribution is -2.40. The van der Waals surface area contributed by atoms with Crippen molar-refractivity contribution >= 4 is 40.1 Å². The van der Waals surface area contributed by atoms with Gasteiger partial charge in [0.2, 0.25) is 0 Å². The minimum Gasteiger partial charge on any atom is -0.267 e. The lowest BCUT2D eigenvalue weighted by atomic mass is 10.2. The molecule has 3 rings (SSSR count). The summed E-state index contributed by atoms with van der Waals surface area (Å²) in [6.45, 7) is 0. The lowest BCUT2D eigenvalue weighted by Gasteiger charge is -2.19. The number of hydrazine groups is 1. The standard InChI is InChI=1S/C16H14ClN3OS/c1-20-16(22-10-11-6-2-4-8-13(11)17)18-14-9-5-3-7-12(14)15(21)19-20/h2-9H,10H2,1H3,(H,19,21). The summed E-state index contributed by atoms with van der Waals surface area (Å²) in [5.74, 6) is 0.524. The molecule has 0 atom stereocenters. The summed E-state index contributed by atoms with van der Waals surface area (Å²) < 4.78 is 0. The first-order valence-electron chi connectivity index (χ1n) is 6.74. The van der Waals surface area contributed by atoms with Gasteiger partial charge in [-0.1, -0.05) is 53.7 Å². The van der Waals surface area contributed by atoms with E-state index in [9.17, 15) is 4.79 Å². The summed E-state index contributed by atoms with van der Waals surface area (Å²) in [5.41, 5.74) is 5.09. The summed E-state index contributed by atoms with van der Waals surface area (Å²) in [6.07, 6.45) is 0. The van der Waals surface area contributed by atoms with E-state index in [2.05, 4.69) is 10.4 Å². The van der Waals surface area contributed by atoms with Crippen molar-refractivity contribution in [2.75, 3.05) is 7.05 Å². The van der Waals surface area contributed by atoms with Crippen LogP contribution in [0, 0.1) is 0 Å². The first-order valence-corrected chi connectivity index (χ1v) is 8.10. The van der Waals surface area contributed by atoms with Crippen LogP contribution >= 0.6 is 23.4 Å². The van der Waals surface area contributed by atoms with Gasteiger partial charge in [-0.05, 0) is 23.8 Å². The predicted octanol–water partition coefficient (Wildman–Crippen LogP) is 3.85. The fourth-order valence-corrected chi connectivity index (χ4v) is 3.31. The zero-order valence-corrected chi connectivity index (χ0v) is 13.5. The van der Waals surface area contributed by atoms with Crippen LogP contribution in [-0.2, 0) is 5.75 Å². The van der Waals surface area contributed by atoms with Crippen molar-refractivity contribution in [3.8, 4) is 0 Å². The molecule has 0 aliphatic carbocycles. The number of benzene rings is 2. The number of rotatable bonds is 2. The first-order chi connectivity index (χ1) is 10.6. The van der Waals surface area contributed by atoms with Gasteiger partial charge in [0.05, 0.1) is 11.3 Å². The fraction of sp³-hybridized carbons (Fsp3) is 0.125. The molecule has 0 fully saturated rings. The van der Waals surface area contributed by atoms with E-state index in [1.54, 1.807) is 18.1 Å². The molecule has 6 heteroatoms. The van der Waals surface area contributed by atoms with Gasteiger partial charge in [0.1, 0.15) is 0 Å². The number of hydrogen-bond donors (Lipinski definition) is 1. The van der Waals surface area contributed by atoms with Gasteiger partial charge < -0.3 is 0 Å². The molecule has 1 N–H and O–H groups in total. The highest BCUT2D eigenvalue weighted by Gasteiger charge is 2.20. The number of amides is 1. The third-order valence-corrected chi connectivity index (χ3v) is 4.68. The van der Waals surface area contributed by atoms with Gasteiger partial charge in [0, 0.05) is 17.8 Å². The number of nitrogens with one attached hydrogen (secondary N) is 1. The highest BCUT2D eigenvalue weighted by atomic mass is 35.5. The molecule has 0 saturated heterocycles. The average molecular weight is 332 g/mol. The Bertz CT molecular complexity index is 748. The van der Waals surface area contributed by atoms with Crippen molar-refractivity contribution in [2.45, 2.75) is 5.75 Å². The number of halogens is 1. The Hall–Kier alpha value is -1.98. The van der Waals surface area contributed by atoms with Crippen molar-refractivity contribution in [1.82, 2.24) is 10.4 Å². The topological polar surface area (TPSA) is 44.7 Å². The number of thioether (sulfide) groups is 1. The molecule has 0 radical (unpaired) electrons. The van der Waals surface area contributed by atoms with Gasteiger partial charge >= 0.3 is 0 Å². The number of fused-ring (bicyclic) bond motifs is 1.